The molecule has 17 heteroatoms. The Bertz CT molecular complexity index is 495. The van der Waals surface area contributed by atoms with Gasteiger partial charge in [-0.1, -0.05) is 6.58 Å². The summed E-state index contributed by atoms with van der Waals surface area (Å²) in [7, 11) is -19.5. The molecule has 9 N–H and O–H groups in total. The predicted molar refractivity (Wildman–Crippen MR) is 68.2 cm³/mol. The second kappa shape index (κ2) is 7.72. The van der Waals surface area contributed by atoms with Crippen LogP contribution in [0.5, 0.6) is 0 Å². The van der Waals surface area contributed by atoms with Gasteiger partial charge in [0.2, 0.25) is 0 Å². The summed E-state index contributed by atoms with van der Waals surface area (Å²) < 4.78 is 40.7. The molecule has 0 rings (SSSR count). The summed E-state index contributed by atoms with van der Waals surface area (Å²) in [6.45, 7) is 1.33. The van der Waals surface area contributed by atoms with E-state index in [0.717, 1.165) is 0 Å². The molecule has 0 spiro atoms. The molecule has 0 fully saturated rings. The van der Waals surface area contributed by atoms with Crippen LogP contribution in [0.15, 0.2) is 11.6 Å². The first-order valence-electron chi connectivity index (χ1n) is 4.37. The fourth-order valence-corrected chi connectivity index (χ4v) is 3.93. The number of hydrogen-bond acceptors (Lipinski definition) is 5. The van der Waals surface area contributed by atoms with E-state index in [0.29, 0.717) is 0 Å². The second-order valence-corrected chi connectivity index (χ2v) is 11.0. The van der Waals surface area contributed by atoms with Crippen molar-refractivity contribution >= 4 is 30.4 Å². The largest absolute Gasteiger partial charge is 0.395 e. The van der Waals surface area contributed by atoms with E-state index < -0.39 is 47.4 Å². The third-order valence-electron chi connectivity index (χ3n) is 1.61. The Balaban J connectivity index is 0. The van der Waals surface area contributed by atoms with Gasteiger partial charge in [0.25, 0.3) is 0 Å². The van der Waals surface area contributed by atoms with Gasteiger partial charge in [0.1, 0.15) is 5.06 Å². The standard InChI is InChI=1S/C2H8O7P2.C2H6O6P2/c3-1-2(10(4,5)6)11(7,8)9;1-2(9(3,4)5)10(6,7)8/h2-3H,1H2,(H2,4,5,6)(H2,7,8,9);1H2,(H2,3,4,5)(H2,6,7,8). The summed E-state index contributed by atoms with van der Waals surface area (Å²) in [5.74, 6) is 0. The lowest BCUT2D eigenvalue weighted by molar-refractivity contribution is 0.266. The van der Waals surface area contributed by atoms with Crippen molar-refractivity contribution in [3.63, 3.8) is 0 Å². The minimum atomic E-state index is -4.91. The molecule has 0 saturated heterocycles. The molecule has 0 aliphatic carbocycles. The van der Waals surface area contributed by atoms with E-state index in [9.17, 15) is 18.3 Å². The molecule has 0 aliphatic heterocycles. The minimum absolute atomic E-state index is 1.24. The first-order chi connectivity index (χ1) is 8.85. The fourth-order valence-electron chi connectivity index (χ4n) is 0.578. The van der Waals surface area contributed by atoms with Crippen LogP contribution in [0.4, 0.5) is 0 Å². The second-order valence-electron chi connectivity index (χ2n) is 3.35. The van der Waals surface area contributed by atoms with Crippen molar-refractivity contribution in [2.75, 3.05) is 6.61 Å². The van der Waals surface area contributed by atoms with E-state index in [2.05, 4.69) is 6.58 Å². The van der Waals surface area contributed by atoms with Crippen LogP contribution in [0.25, 0.3) is 0 Å². The maximum absolute atomic E-state index is 10.3. The van der Waals surface area contributed by atoms with Gasteiger partial charge in [0, 0.05) is 0 Å². The lowest BCUT2D eigenvalue weighted by Gasteiger charge is -2.16. The molecule has 0 aliphatic rings. The average Bonchev–Trinajstić information content (AvgIpc) is 2.10. The Morgan fingerprint density at radius 2 is 1.00 bits per heavy atom. The molecule has 128 valence electrons. The Hall–Kier alpha value is 0.300. The monoisotopic (exact) mass is 394 g/mol. The number of aliphatic hydroxyl groups is 1. The summed E-state index contributed by atoms with van der Waals surface area (Å²) in [4.78, 5) is 65.7. The summed E-state index contributed by atoms with van der Waals surface area (Å²) in [5, 5.41) is 4.57. The molecule has 0 heterocycles. The van der Waals surface area contributed by atoms with E-state index in [1.165, 1.54) is 0 Å². The van der Waals surface area contributed by atoms with Gasteiger partial charge < -0.3 is 44.3 Å². The van der Waals surface area contributed by atoms with Gasteiger partial charge in [-0.15, -0.1) is 0 Å². The van der Waals surface area contributed by atoms with Gasteiger partial charge >= 0.3 is 30.4 Å². The van der Waals surface area contributed by atoms with Crippen LogP contribution in [0.1, 0.15) is 0 Å². The van der Waals surface area contributed by atoms with E-state index in [4.69, 9.17) is 44.3 Å². The van der Waals surface area contributed by atoms with Crippen molar-refractivity contribution < 1.29 is 62.5 Å². The van der Waals surface area contributed by atoms with Gasteiger partial charge in [-0.2, -0.15) is 0 Å². The van der Waals surface area contributed by atoms with Crippen LogP contribution < -0.4 is 0 Å². The quantitative estimate of drug-likeness (QED) is 0.240. The lowest BCUT2D eigenvalue weighted by atomic mass is 10.9. The Morgan fingerprint density at radius 1 is 0.762 bits per heavy atom. The van der Waals surface area contributed by atoms with Crippen LogP contribution in [-0.4, -0.2) is 56.3 Å². The lowest BCUT2D eigenvalue weighted by Crippen LogP contribution is -2.13. The molecule has 21 heavy (non-hydrogen) atoms. The maximum atomic E-state index is 10.3. The number of aliphatic hydroxyl groups excluding tert-OH is 1. The van der Waals surface area contributed by atoms with Crippen LogP contribution in [-0.2, 0) is 18.3 Å². The normalized spacial score (nSPS) is 13.6. The molecule has 0 amide bonds. The van der Waals surface area contributed by atoms with Gasteiger partial charge in [0.15, 0.2) is 5.40 Å². The zero-order chi connectivity index (χ0) is 17.9. The first-order valence-corrected chi connectivity index (χ1v) is 11.0. The van der Waals surface area contributed by atoms with Gasteiger partial charge in [-0.25, -0.2) is 0 Å². The Kier molecular flexibility index (Phi) is 8.66. The molecule has 0 bridgehead atoms. The molecule has 0 aromatic heterocycles. The molecule has 0 unspecified atom stereocenters. The smallest absolute Gasteiger partial charge is 0.363 e. The van der Waals surface area contributed by atoms with E-state index in [-0.39, 0.29) is 0 Å². The highest BCUT2D eigenvalue weighted by molar-refractivity contribution is 7.77. The van der Waals surface area contributed by atoms with Crippen LogP contribution in [0.2, 0.25) is 0 Å². The van der Waals surface area contributed by atoms with Gasteiger partial charge in [-0.05, 0) is 0 Å². The Morgan fingerprint density at radius 3 is 1.00 bits per heavy atom. The predicted octanol–water partition coefficient (Wildman–Crippen LogP) is -1.53. The molecule has 13 nitrogen and oxygen atoms in total. The third-order valence-corrected chi connectivity index (χ3v) is 8.21. The highest BCUT2D eigenvalue weighted by Gasteiger charge is 2.42. The van der Waals surface area contributed by atoms with Crippen molar-refractivity contribution in [2.45, 2.75) is 5.40 Å². The van der Waals surface area contributed by atoms with E-state index in [1.54, 1.807) is 0 Å². The maximum Gasteiger partial charge on any atom is 0.363 e. The summed E-state index contributed by atoms with van der Waals surface area (Å²) in [6, 6.07) is 0. The molecule has 0 aromatic rings. The zero-order valence-electron chi connectivity index (χ0n) is 9.94. The SMILES string of the molecule is C=C(P(=O)(O)O)P(=O)(O)O.O=P(O)(O)C(CO)P(=O)(O)O. The van der Waals surface area contributed by atoms with Crippen LogP contribution >= 0.6 is 30.4 Å². The first kappa shape index (κ1) is 23.6. The molecule has 0 aromatic carbocycles. The summed E-state index contributed by atoms with van der Waals surface area (Å²) in [6.07, 6.45) is 0. The number of rotatable bonds is 5. The van der Waals surface area contributed by atoms with Crippen molar-refractivity contribution in [1.82, 2.24) is 0 Å². The van der Waals surface area contributed by atoms with E-state index in [1.807, 2.05) is 0 Å². The topological polar surface area (TPSA) is 250 Å². The van der Waals surface area contributed by atoms with Crippen LogP contribution in [0.3, 0.4) is 0 Å². The van der Waals surface area contributed by atoms with Crippen molar-refractivity contribution in [2.24, 2.45) is 0 Å². The Labute approximate surface area is 117 Å². The summed E-state index contributed by atoms with van der Waals surface area (Å²) in [5.41, 5.74) is 0. The summed E-state index contributed by atoms with van der Waals surface area (Å²) >= 11 is 0. The van der Waals surface area contributed by atoms with Gasteiger partial charge in [0.05, 0.1) is 6.61 Å². The molecular weight excluding hydrogens is 380 g/mol. The molecule has 0 radical (unpaired) electrons. The molecule has 0 saturated carbocycles. The van der Waals surface area contributed by atoms with E-state index >= 15 is 0 Å². The minimum Gasteiger partial charge on any atom is -0.395 e. The van der Waals surface area contributed by atoms with Gasteiger partial charge in [-0.3, -0.25) is 18.3 Å². The number of hydrogen-bond donors (Lipinski definition) is 9. The fraction of sp³-hybridized carbons (Fsp3) is 0.500. The molecular formula is C4H14O13P4. The van der Waals surface area contributed by atoms with Crippen molar-refractivity contribution in [3.05, 3.63) is 11.6 Å². The molecule has 0 atom stereocenters. The van der Waals surface area contributed by atoms with Crippen LogP contribution in [0, 0.1) is 0 Å². The highest BCUT2D eigenvalue weighted by Crippen LogP contribution is 2.62. The highest BCUT2D eigenvalue weighted by atomic mass is 31.2. The average molecular weight is 394 g/mol. The van der Waals surface area contributed by atoms with Crippen molar-refractivity contribution in [3.8, 4) is 0 Å². The van der Waals surface area contributed by atoms with Crippen molar-refractivity contribution in [1.29, 1.82) is 0 Å². The third kappa shape index (κ3) is 9.83. The zero-order valence-corrected chi connectivity index (χ0v) is 13.5.